The van der Waals surface area contributed by atoms with Gasteiger partial charge in [-0.2, -0.15) is 0 Å². The lowest BCUT2D eigenvalue weighted by Crippen LogP contribution is -2.67. The van der Waals surface area contributed by atoms with Crippen LogP contribution in [0.15, 0.2) is 47.3 Å². The van der Waals surface area contributed by atoms with Crippen molar-refractivity contribution in [2.75, 3.05) is 40.8 Å². The number of barbiturate groups is 1. The van der Waals surface area contributed by atoms with Gasteiger partial charge < -0.3 is 14.2 Å². The van der Waals surface area contributed by atoms with Gasteiger partial charge in [-0.05, 0) is 42.5 Å². The number of imide groups is 2. The van der Waals surface area contributed by atoms with E-state index in [-0.39, 0.29) is 30.4 Å². The molecule has 1 aromatic heterocycles. The molecule has 5 rings (SSSR count). The summed E-state index contributed by atoms with van der Waals surface area (Å²) >= 11 is 0. The minimum Gasteiger partial charge on any atom is -0.497 e. The molecule has 2 fully saturated rings. The van der Waals surface area contributed by atoms with Gasteiger partial charge in [0, 0.05) is 58.0 Å². The van der Waals surface area contributed by atoms with E-state index < -0.39 is 23.3 Å². The highest BCUT2D eigenvalue weighted by Crippen LogP contribution is 2.39. The largest absolute Gasteiger partial charge is 0.497 e. The highest BCUT2D eigenvalue weighted by molar-refractivity contribution is 6.19. The molecule has 2 aromatic rings. The van der Waals surface area contributed by atoms with E-state index in [1.54, 1.807) is 31.4 Å². The van der Waals surface area contributed by atoms with Crippen LogP contribution in [0.1, 0.15) is 23.6 Å². The van der Waals surface area contributed by atoms with Gasteiger partial charge in [0.15, 0.2) is 0 Å². The van der Waals surface area contributed by atoms with Crippen molar-refractivity contribution in [1.29, 1.82) is 0 Å². The Kier molecular flexibility index (Phi) is 5.75. The standard InChI is InChI=1S/C26H30N4O5/c1-27-23(32)26(24(33)28(2)25(27)34,12-17-7-9-20(35-3)10-8-17)16-29-13-18-11-19(15-29)21-5-4-6-22(31)30(21)14-18/h4-10,18-19H,11-16H2,1-3H3. The number of urea groups is 1. The number of likely N-dealkylation sites (tertiary alicyclic amines) is 1. The highest BCUT2D eigenvalue weighted by atomic mass is 16.5. The van der Waals surface area contributed by atoms with E-state index in [4.69, 9.17) is 4.74 Å². The molecule has 0 aliphatic carbocycles. The molecule has 4 heterocycles. The third-order valence-electron chi connectivity index (χ3n) is 7.72. The molecule has 0 N–H and O–H groups in total. The predicted molar refractivity (Wildman–Crippen MR) is 128 cm³/mol. The van der Waals surface area contributed by atoms with Crippen molar-refractivity contribution in [3.63, 3.8) is 0 Å². The number of fused-ring (bicyclic) bond motifs is 4. The minimum atomic E-state index is -1.42. The molecule has 9 heteroatoms. The lowest BCUT2D eigenvalue weighted by Gasteiger charge is -2.48. The van der Waals surface area contributed by atoms with Crippen LogP contribution in [0.5, 0.6) is 5.75 Å². The van der Waals surface area contributed by atoms with Crippen molar-refractivity contribution in [2.45, 2.75) is 25.3 Å². The zero-order valence-corrected chi connectivity index (χ0v) is 20.3. The number of carbonyl (C=O) groups is 3. The number of hydrogen-bond acceptors (Lipinski definition) is 6. The quantitative estimate of drug-likeness (QED) is 0.606. The molecule has 184 valence electrons. The second-order valence-electron chi connectivity index (χ2n) is 10.0. The monoisotopic (exact) mass is 478 g/mol. The molecule has 0 spiro atoms. The summed E-state index contributed by atoms with van der Waals surface area (Å²) in [5.41, 5.74) is 0.417. The van der Waals surface area contributed by atoms with Crippen molar-refractivity contribution in [3.05, 3.63) is 64.1 Å². The fourth-order valence-electron chi connectivity index (χ4n) is 6.07. The van der Waals surface area contributed by atoms with Crippen LogP contribution in [-0.4, -0.2) is 78.0 Å². The average molecular weight is 479 g/mol. The molecule has 0 saturated carbocycles. The second-order valence-corrected chi connectivity index (χ2v) is 10.0. The van der Waals surface area contributed by atoms with Crippen molar-refractivity contribution >= 4 is 17.8 Å². The summed E-state index contributed by atoms with van der Waals surface area (Å²) in [5.74, 6) is 0.138. The van der Waals surface area contributed by atoms with Gasteiger partial charge in [0.25, 0.3) is 5.56 Å². The van der Waals surface area contributed by atoms with Crippen molar-refractivity contribution in [2.24, 2.45) is 11.3 Å². The van der Waals surface area contributed by atoms with E-state index in [2.05, 4.69) is 4.90 Å². The summed E-state index contributed by atoms with van der Waals surface area (Å²) in [6.07, 6.45) is 1.16. The molecular formula is C26H30N4O5. The van der Waals surface area contributed by atoms with Crippen LogP contribution >= 0.6 is 0 Å². The Morgan fingerprint density at radius 2 is 1.60 bits per heavy atom. The first-order chi connectivity index (χ1) is 16.7. The second kappa shape index (κ2) is 8.64. The van der Waals surface area contributed by atoms with E-state index in [1.807, 2.05) is 22.8 Å². The first kappa shape index (κ1) is 23.3. The third-order valence-corrected chi connectivity index (χ3v) is 7.72. The number of piperidine rings is 1. The average Bonchev–Trinajstić information content (AvgIpc) is 2.86. The summed E-state index contributed by atoms with van der Waals surface area (Å²) in [7, 11) is 4.45. The first-order valence-electron chi connectivity index (χ1n) is 11.9. The Labute approximate surface area is 203 Å². The van der Waals surface area contributed by atoms with Crippen molar-refractivity contribution in [1.82, 2.24) is 19.3 Å². The molecule has 2 bridgehead atoms. The number of methoxy groups -OCH3 is 1. The van der Waals surface area contributed by atoms with Gasteiger partial charge in [-0.25, -0.2) is 4.79 Å². The zero-order chi connectivity index (χ0) is 24.9. The topological polar surface area (TPSA) is 92.2 Å². The highest BCUT2D eigenvalue weighted by Gasteiger charge is 2.56. The summed E-state index contributed by atoms with van der Waals surface area (Å²) < 4.78 is 7.11. The van der Waals surface area contributed by atoms with Gasteiger partial charge in [-0.1, -0.05) is 18.2 Å². The summed E-state index contributed by atoms with van der Waals surface area (Å²) in [4.78, 5) is 56.6. The number of carbonyl (C=O) groups excluding carboxylic acids is 3. The third kappa shape index (κ3) is 3.83. The van der Waals surface area contributed by atoms with Crippen molar-refractivity contribution in [3.8, 4) is 5.75 Å². The Bertz CT molecular complexity index is 1210. The lowest BCUT2D eigenvalue weighted by molar-refractivity contribution is -0.159. The van der Waals surface area contributed by atoms with E-state index in [9.17, 15) is 19.2 Å². The summed E-state index contributed by atoms with van der Waals surface area (Å²) in [6, 6.07) is 12.1. The van der Waals surface area contributed by atoms with Gasteiger partial charge >= 0.3 is 6.03 Å². The number of amides is 4. The van der Waals surface area contributed by atoms with Gasteiger partial charge in [0.2, 0.25) is 11.8 Å². The maximum atomic E-state index is 13.7. The molecule has 2 unspecified atom stereocenters. The number of aromatic nitrogens is 1. The van der Waals surface area contributed by atoms with Crippen LogP contribution in [0, 0.1) is 11.3 Å². The first-order valence-corrected chi connectivity index (χ1v) is 11.9. The van der Waals surface area contributed by atoms with Crippen LogP contribution in [0.3, 0.4) is 0 Å². The Hall–Kier alpha value is -3.46. The van der Waals surface area contributed by atoms with Gasteiger partial charge in [-0.3, -0.25) is 24.2 Å². The molecule has 2 saturated heterocycles. The Balaban J connectivity index is 1.49. The molecular weight excluding hydrogens is 448 g/mol. The maximum Gasteiger partial charge on any atom is 0.332 e. The fraction of sp³-hybridized carbons (Fsp3) is 0.462. The van der Waals surface area contributed by atoms with Crippen LogP contribution in [0.2, 0.25) is 0 Å². The Morgan fingerprint density at radius 1 is 0.914 bits per heavy atom. The van der Waals surface area contributed by atoms with E-state index in [0.29, 0.717) is 25.4 Å². The molecule has 4 amide bonds. The summed E-state index contributed by atoms with van der Waals surface area (Å²) in [5, 5.41) is 0. The summed E-state index contributed by atoms with van der Waals surface area (Å²) in [6.45, 7) is 2.17. The van der Waals surface area contributed by atoms with Crippen LogP contribution < -0.4 is 10.3 Å². The number of pyridine rings is 1. The number of benzene rings is 1. The van der Waals surface area contributed by atoms with E-state index in [1.165, 1.54) is 14.1 Å². The number of rotatable bonds is 5. The lowest BCUT2D eigenvalue weighted by atomic mass is 9.75. The number of hydrogen-bond donors (Lipinski definition) is 0. The molecule has 2 atom stereocenters. The normalized spacial score (nSPS) is 23.9. The van der Waals surface area contributed by atoms with Crippen LogP contribution in [-0.2, 0) is 22.6 Å². The molecule has 3 aliphatic heterocycles. The molecule has 0 radical (unpaired) electrons. The molecule has 35 heavy (non-hydrogen) atoms. The number of nitrogens with zero attached hydrogens (tertiary/aromatic N) is 4. The predicted octanol–water partition coefficient (Wildman–Crippen LogP) is 1.56. The fourth-order valence-corrected chi connectivity index (χ4v) is 6.07. The smallest absolute Gasteiger partial charge is 0.332 e. The van der Waals surface area contributed by atoms with Gasteiger partial charge in [0.05, 0.1) is 7.11 Å². The van der Waals surface area contributed by atoms with Crippen LogP contribution in [0.4, 0.5) is 4.79 Å². The van der Waals surface area contributed by atoms with Gasteiger partial charge in [-0.15, -0.1) is 0 Å². The maximum absolute atomic E-state index is 13.7. The number of ether oxygens (including phenoxy) is 1. The zero-order valence-electron chi connectivity index (χ0n) is 20.3. The SMILES string of the molecule is COc1ccc(CC2(CN3CC4CC(C3)c3cccc(=O)n3C4)C(=O)N(C)C(=O)N(C)C2=O)cc1. The van der Waals surface area contributed by atoms with Gasteiger partial charge in [0.1, 0.15) is 11.2 Å². The molecule has 1 aromatic carbocycles. The minimum absolute atomic E-state index is 0.0148. The van der Waals surface area contributed by atoms with Crippen molar-refractivity contribution < 1.29 is 19.1 Å². The van der Waals surface area contributed by atoms with Crippen LogP contribution in [0.25, 0.3) is 0 Å². The molecule has 9 nitrogen and oxygen atoms in total. The molecule has 3 aliphatic rings. The van der Waals surface area contributed by atoms with E-state index in [0.717, 1.165) is 27.5 Å². The van der Waals surface area contributed by atoms with E-state index >= 15 is 0 Å². The Morgan fingerprint density at radius 3 is 2.26 bits per heavy atom.